The highest BCUT2D eigenvalue weighted by Gasteiger charge is 2.37. The molecule has 1 unspecified atom stereocenters. The molecule has 3 nitrogen and oxygen atoms in total. The Bertz CT molecular complexity index is 424. The van der Waals surface area contributed by atoms with Gasteiger partial charge in [-0.3, -0.25) is 4.79 Å². The van der Waals surface area contributed by atoms with Crippen molar-refractivity contribution in [2.75, 3.05) is 13.1 Å². The van der Waals surface area contributed by atoms with E-state index in [4.69, 9.17) is 0 Å². The summed E-state index contributed by atoms with van der Waals surface area (Å²) in [6, 6.07) is 10.5. The second kappa shape index (κ2) is 6.89. The van der Waals surface area contributed by atoms with Gasteiger partial charge in [0, 0.05) is 6.04 Å². The summed E-state index contributed by atoms with van der Waals surface area (Å²) in [6.07, 6.45) is 3.73. The van der Waals surface area contributed by atoms with E-state index in [1.165, 1.54) is 5.56 Å². The summed E-state index contributed by atoms with van der Waals surface area (Å²) in [4.78, 5) is 12.6. The van der Waals surface area contributed by atoms with E-state index in [0.29, 0.717) is 0 Å². The first-order valence-electron chi connectivity index (χ1n) is 7.72. The molecule has 110 valence electrons. The Labute approximate surface area is 122 Å². The van der Waals surface area contributed by atoms with E-state index in [2.05, 4.69) is 36.6 Å². The number of piperidine rings is 1. The number of carbonyl (C=O) groups is 1. The van der Waals surface area contributed by atoms with Gasteiger partial charge >= 0.3 is 0 Å². The van der Waals surface area contributed by atoms with Crippen molar-refractivity contribution in [1.29, 1.82) is 0 Å². The number of rotatable bonds is 5. The fraction of sp³-hybridized carbons (Fsp3) is 0.588. The summed E-state index contributed by atoms with van der Waals surface area (Å²) in [5.74, 6) is 0.241. The Morgan fingerprint density at radius 2 is 1.95 bits per heavy atom. The molecule has 1 atom stereocenters. The van der Waals surface area contributed by atoms with Gasteiger partial charge in [-0.05, 0) is 51.3 Å². The predicted octanol–water partition coefficient (Wildman–Crippen LogP) is 2.51. The summed E-state index contributed by atoms with van der Waals surface area (Å²) in [5, 5.41) is 6.56. The van der Waals surface area contributed by atoms with E-state index in [0.717, 1.165) is 38.8 Å². The molecule has 0 aliphatic carbocycles. The summed E-state index contributed by atoms with van der Waals surface area (Å²) >= 11 is 0. The lowest BCUT2D eigenvalue weighted by molar-refractivity contribution is -0.133. The van der Waals surface area contributed by atoms with Crippen molar-refractivity contribution in [3.05, 3.63) is 35.9 Å². The minimum absolute atomic E-state index is 0.157. The number of carbonyl (C=O) groups excluding carboxylic acids is 1. The Balaban J connectivity index is 1.92. The fourth-order valence-corrected chi connectivity index (χ4v) is 3.04. The first kappa shape index (κ1) is 15.0. The molecule has 3 heteroatoms. The van der Waals surface area contributed by atoms with Gasteiger partial charge in [0.1, 0.15) is 0 Å². The highest BCUT2D eigenvalue weighted by Crippen LogP contribution is 2.32. The summed E-state index contributed by atoms with van der Waals surface area (Å²) in [6.45, 7) is 6.13. The van der Waals surface area contributed by atoms with E-state index < -0.39 is 0 Å². The lowest BCUT2D eigenvalue weighted by Gasteiger charge is -2.36. The molecular formula is C17H26N2O. The first-order chi connectivity index (χ1) is 9.66. The molecular weight excluding hydrogens is 248 g/mol. The van der Waals surface area contributed by atoms with Crippen molar-refractivity contribution in [3.63, 3.8) is 0 Å². The van der Waals surface area contributed by atoms with E-state index in [9.17, 15) is 4.79 Å². The molecule has 1 aliphatic heterocycles. The van der Waals surface area contributed by atoms with Crippen molar-refractivity contribution in [2.24, 2.45) is 5.41 Å². The van der Waals surface area contributed by atoms with Crippen LogP contribution in [-0.2, 0) is 11.2 Å². The monoisotopic (exact) mass is 274 g/mol. The maximum Gasteiger partial charge on any atom is 0.226 e. The van der Waals surface area contributed by atoms with Crippen LogP contribution in [0.5, 0.6) is 0 Å². The third kappa shape index (κ3) is 3.60. The molecule has 0 radical (unpaired) electrons. The third-order valence-electron chi connectivity index (χ3n) is 4.48. The summed E-state index contributed by atoms with van der Waals surface area (Å²) in [7, 11) is 0. The van der Waals surface area contributed by atoms with Crippen LogP contribution in [0.1, 0.15) is 38.7 Å². The van der Waals surface area contributed by atoms with E-state index in [1.807, 2.05) is 18.2 Å². The van der Waals surface area contributed by atoms with Gasteiger partial charge in [-0.25, -0.2) is 0 Å². The van der Waals surface area contributed by atoms with Crippen molar-refractivity contribution < 1.29 is 4.79 Å². The third-order valence-corrected chi connectivity index (χ3v) is 4.48. The number of nitrogens with one attached hydrogen (secondary N) is 2. The fourth-order valence-electron chi connectivity index (χ4n) is 3.04. The van der Waals surface area contributed by atoms with Crippen LogP contribution in [0.3, 0.4) is 0 Å². The lowest BCUT2D eigenvalue weighted by atomic mass is 9.75. The van der Waals surface area contributed by atoms with E-state index in [1.54, 1.807) is 0 Å². The number of amides is 1. The van der Waals surface area contributed by atoms with Crippen LogP contribution >= 0.6 is 0 Å². The molecule has 1 fully saturated rings. The van der Waals surface area contributed by atoms with Gasteiger partial charge in [-0.2, -0.15) is 0 Å². The Morgan fingerprint density at radius 3 is 2.55 bits per heavy atom. The number of benzene rings is 1. The minimum atomic E-state index is -0.157. The highest BCUT2D eigenvalue weighted by atomic mass is 16.2. The molecule has 1 saturated heterocycles. The molecule has 1 aromatic carbocycles. The summed E-state index contributed by atoms with van der Waals surface area (Å²) < 4.78 is 0. The number of hydrogen-bond donors (Lipinski definition) is 2. The van der Waals surface area contributed by atoms with Crippen molar-refractivity contribution >= 4 is 5.91 Å². The Hall–Kier alpha value is -1.35. The minimum Gasteiger partial charge on any atom is -0.353 e. The lowest BCUT2D eigenvalue weighted by Crippen LogP contribution is -2.49. The molecule has 2 rings (SSSR count). The molecule has 20 heavy (non-hydrogen) atoms. The van der Waals surface area contributed by atoms with Crippen LogP contribution < -0.4 is 10.6 Å². The molecule has 0 bridgehead atoms. The average Bonchev–Trinajstić information content (AvgIpc) is 2.48. The second-order valence-electron chi connectivity index (χ2n) is 5.95. The zero-order chi connectivity index (χ0) is 14.4. The quantitative estimate of drug-likeness (QED) is 0.866. The van der Waals surface area contributed by atoms with Crippen LogP contribution in [-0.4, -0.2) is 25.0 Å². The molecule has 1 aromatic rings. The topological polar surface area (TPSA) is 41.1 Å². The smallest absolute Gasteiger partial charge is 0.226 e. The molecule has 1 heterocycles. The molecule has 1 amide bonds. The normalized spacial score (nSPS) is 19.3. The van der Waals surface area contributed by atoms with Crippen molar-refractivity contribution in [1.82, 2.24) is 10.6 Å². The molecule has 1 aliphatic rings. The SMILES string of the molecule is CCC1(C(=O)NC(C)Cc2ccccc2)CCNCC1. The van der Waals surface area contributed by atoms with Gasteiger partial charge in [0.2, 0.25) is 5.91 Å². The highest BCUT2D eigenvalue weighted by molar-refractivity contribution is 5.83. The van der Waals surface area contributed by atoms with Crippen LogP contribution in [0, 0.1) is 5.41 Å². The molecule has 0 saturated carbocycles. The zero-order valence-corrected chi connectivity index (χ0v) is 12.6. The van der Waals surface area contributed by atoms with Crippen LogP contribution in [0.15, 0.2) is 30.3 Å². The predicted molar refractivity (Wildman–Crippen MR) is 82.6 cm³/mol. The van der Waals surface area contributed by atoms with Crippen LogP contribution in [0.25, 0.3) is 0 Å². The van der Waals surface area contributed by atoms with Gasteiger partial charge in [0.25, 0.3) is 0 Å². The zero-order valence-electron chi connectivity index (χ0n) is 12.6. The van der Waals surface area contributed by atoms with Crippen molar-refractivity contribution in [2.45, 2.75) is 45.6 Å². The second-order valence-corrected chi connectivity index (χ2v) is 5.95. The maximum absolute atomic E-state index is 12.6. The largest absolute Gasteiger partial charge is 0.353 e. The maximum atomic E-state index is 12.6. The average molecular weight is 274 g/mol. The standard InChI is InChI=1S/C17H26N2O/c1-3-17(9-11-18-12-10-17)16(20)19-14(2)13-15-7-5-4-6-8-15/h4-8,14,18H,3,9-13H2,1-2H3,(H,19,20). The van der Waals surface area contributed by atoms with Crippen molar-refractivity contribution in [3.8, 4) is 0 Å². The van der Waals surface area contributed by atoms with Gasteiger partial charge < -0.3 is 10.6 Å². The number of hydrogen-bond acceptors (Lipinski definition) is 2. The van der Waals surface area contributed by atoms with Gasteiger partial charge in [0.15, 0.2) is 0 Å². The summed E-state index contributed by atoms with van der Waals surface area (Å²) in [5.41, 5.74) is 1.12. The van der Waals surface area contributed by atoms with E-state index in [-0.39, 0.29) is 17.4 Å². The van der Waals surface area contributed by atoms with Crippen LogP contribution in [0.4, 0.5) is 0 Å². The Kier molecular flexibility index (Phi) is 5.18. The molecule has 2 N–H and O–H groups in total. The van der Waals surface area contributed by atoms with E-state index >= 15 is 0 Å². The molecule has 0 aromatic heterocycles. The Morgan fingerprint density at radius 1 is 1.30 bits per heavy atom. The van der Waals surface area contributed by atoms with Gasteiger partial charge in [0.05, 0.1) is 5.41 Å². The van der Waals surface area contributed by atoms with Gasteiger partial charge in [-0.15, -0.1) is 0 Å². The van der Waals surface area contributed by atoms with Gasteiger partial charge in [-0.1, -0.05) is 37.3 Å². The molecule has 0 spiro atoms. The van der Waals surface area contributed by atoms with Crippen LogP contribution in [0.2, 0.25) is 0 Å². The first-order valence-corrected chi connectivity index (χ1v) is 7.72.